The van der Waals surface area contributed by atoms with E-state index < -0.39 is 0 Å². The number of para-hydroxylation sites is 5. The van der Waals surface area contributed by atoms with E-state index in [0.717, 1.165) is 56.9 Å². The molecule has 0 aromatic heterocycles. The van der Waals surface area contributed by atoms with Crippen molar-refractivity contribution < 1.29 is 0 Å². The Kier molecular flexibility index (Phi) is 13.0. The molecule has 9 aromatic carbocycles. The molecule has 3 heteroatoms. The van der Waals surface area contributed by atoms with Crippen molar-refractivity contribution in [2.24, 2.45) is 0 Å². The molecule has 0 aliphatic heterocycles. The van der Waals surface area contributed by atoms with Crippen molar-refractivity contribution in [3.63, 3.8) is 0 Å². The molecule has 10 rings (SSSR count). The van der Waals surface area contributed by atoms with Gasteiger partial charge in [0.15, 0.2) is 0 Å². The first kappa shape index (κ1) is 45.4. The van der Waals surface area contributed by atoms with Crippen LogP contribution in [0, 0.1) is 34.6 Å². The summed E-state index contributed by atoms with van der Waals surface area (Å²) in [6.45, 7) is 13.2. The first-order valence-corrected chi connectivity index (χ1v) is 24.4. The van der Waals surface area contributed by atoms with E-state index in [1.54, 1.807) is 0 Å². The van der Waals surface area contributed by atoms with Gasteiger partial charge in [0, 0.05) is 51.2 Å². The van der Waals surface area contributed by atoms with E-state index in [4.69, 9.17) is 0 Å². The molecule has 3 nitrogen and oxygen atoms in total. The van der Waals surface area contributed by atoms with Gasteiger partial charge in [0.1, 0.15) is 0 Å². The second-order valence-electron chi connectivity index (χ2n) is 18.5. The predicted molar refractivity (Wildman–Crippen MR) is 300 cm³/mol. The van der Waals surface area contributed by atoms with E-state index in [-0.39, 0.29) is 0 Å². The zero-order chi connectivity index (χ0) is 48.1. The van der Waals surface area contributed by atoms with Gasteiger partial charge in [-0.15, -0.1) is 0 Å². The molecule has 0 saturated carbocycles. The van der Waals surface area contributed by atoms with Gasteiger partial charge in [-0.05, 0) is 200 Å². The van der Waals surface area contributed by atoms with Crippen LogP contribution >= 0.6 is 0 Å². The molecule has 0 N–H and O–H groups in total. The minimum atomic E-state index is 0.882. The highest BCUT2D eigenvalue weighted by atomic mass is 15.2. The van der Waals surface area contributed by atoms with Crippen molar-refractivity contribution in [3.05, 3.63) is 276 Å². The van der Waals surface area contributed by atoms with Crippen molar-refractivity contribution in [2.45, 2.75) is 48.0 Å². The first-order valence-electron chi connectivity index (χ1n) is 24.4. The molecule has 1 aliphatic rings. The van der Waals surface area contributed by atoms with Crippen LogP contribution in [0.25, 0.3) is 33.4 Å². The number of allylic oxidation sites excluding steroid dienone is 5. The Morgan fingerprint density at radius 1 is 0.300 bits per heavy atom. The highest BCUT2D eigenvalue weighted by molar-refractivity contribution is 5.87. The van der Waals surface area contributed by atoms with E-state index in [2.05, 4.69) is 293 Å². The Balaban J connectivity index is 1.08. The highest BCUT2D eigenvalue weighted by Gasteiger charge is 2.21. The molecule has 1 aliphatic carbocycles. The van der Waals surface area contributed by atoms with Gasteiger partial charge in [0.05, 0.1) is 0 Å². The van der Waals surface area contributed by atoms with Gasteiger partial charge in [0.25, 0.3) is 0 Å². The quantitative estimate of drug-likeness (QED) is 0.121. The lowest BCUT2D eigenvalue weighted by Gasteiger charge is -2.30. The Hall–Kier alpha value is -8.40. The van der Waals surface area contributed by atoms with Crippen LogP contribution in [0.4, 0.5) is 45.5 Å². The average Bonchev–Trinajstić information content (AvgIpc) is 3.61. The molecule has 0 atom stereocenters. The SMILES string of the molecule is CC1=CC=CCC=C1N(c1ccc(-c2cc(-c3ccc(N(c4ccccc4C)c4ccccc4C)cc3)cc(-c3ccc(N(c4ccccc4C)c4ccccc4C)cc3)c2)cc1)c1ccccc1C. The molecular weight excluding hydrogens is 847 g/mol. The zero-order valence-corrected chi connectivity index (χ0v) is 41.1. The lowest BCUT2D eigenvalue weighted by molar-refractivity contribution is 1.13. The summed E-state index contributed by atoms with van der Waals surface area (Å²) in [7, 11) is 0. The molecule has 0 spiro atoms. The Labute approximate surface area is 415 Å². The van der Waals surface area contributed by atoms with E-state index in [1.807, 2.05) is 0 Å². The summed E-state index contributed by atoms with van der Waals surface area (Å²) >= 11 is 0. The number of benzene rings is 9. The summed E-state index contributed by atoms with van der Waals surface area (Å²) in [4.78, 5) is 7.18. The third kappa shape index (κ3) is 9.27. The number of anilines is 8. The van der Waals surface area contributed by atoms with Crippen molar-refractivity contribution >= 4 is 45.5 Å². The number of rotatable bonds is 12. The third-order valence-corrected chi connectivity index (χ3v) is 13.7. The van der Waals surface area contributed by atoms with Crippen molar-refractivity contribution in [1.82, 2.24) is 0 Å². The highest BCUT2D eigenvalue weighted by Crippen LogP contribution is 2.43. The van der Waals surface area contributed by atoms with Crippen LogP contribution in [0.3, 0.4) is 0 Å². The van der Waals surface area contributed by atoms with Crippen molar-refractivity contribution in [3.8, 4) is 33.4 Å². The normalized spacial score (nSPS) is 12.2. The van der Waals surface area contributed by atoms with Crippen LogP contribution in [0.15, 0.2) is 248 Å². The monoisotopic (exact) mass is 905 g/mol. The standard InChI is InChI=1S/C67H59N3/c1-47-20-8-7-9-26-62(47)68(63-27-15-10-21-48(63)2)59-38-32-53(33-39-59)56-44-57(54-34-40-60(41-35-54)69(64-28-16-11-22-49(64)3)65-29-17-12-23-50(65)4)46-58(45-56)55-36-42-61(43-37-55)70(66-30-18-13-24-51(66)5)67-31-19-14-25-52(67)6/h7-8,10-46H,9H2,1-6H3. The van der Waals surface area contributed by atoms with Gasteiger partial charge in [-0.25, -0.2) is 0 Å². The summed E-state index contributed by atoms with van der Waals surface area (Å²) in [6, 6.07) is 77.6. The van der Waals surface area contributed by atoms with Gasteiger partial charge in [-0.1, -0.05) is 152 Å². The molecular formula is C67H59N3. The van der Waals surface area contributed by atoms with Gasteiger partial charge in [-0.2, -0.15) is 0 Å². The number of aryl methyl sites for hydroxylation is 5. The van der Waals surface area contributed by atoms with Crippen molar-refractivity contribution in [1.29, 1.82) is 0 Å². The molecule has 70 heavy (non-hydrogen) atoms. The second-order valence-corrected chi connectivity index (χ2v) is 18.5. The number of nitrogens with zero attached hydrogens (tertiary/aromatic N) is 3. The van der Waals surface area contributed by atoms with E-state index in [0.29, 0.717) is 0 Å². The van der Waals surface area contributed by atoms with Crippen LogP contribution in [-0.2, 0) is 0 Å². The molecule has 0 bridgehead atoms. The minimum Gasteiger partial charge on any atom is -0.310 e. The van der Waals surface area contributed by atoms with Crippen LogP contribution in [-0.4, -0.2) is 0 Å². The first-order chi connectivity index (χ1) is 34.2. The summed E-state index contributed by atoms with van der Waals surface area (Å²) < 4.78 is 0. The molecule has 0 heterocycles. The average molecular weight is 906 g/mol. The molecule has 0 fully saturated rings. The van der Waals surface area contributed by atoms with Crippen LogP contribution in [0.2, 0.25) is 0 Å². The van der Waals surface area contributed by atoms with Gasteiger partial charge < -0.3 is 14.7 Å². The summed E-state index contributed by atoms with van der Waals surface area (Å²) in [6.07, 6.45) is 9.82. The van der Waals surface area contributed by atoms with E-state index in [9.17, 15) is 0 Å². The summed E-state index contributed by atoms with van der Waals surface area (Å²) in [5.74, 6) is 0. The maximum Gasteiger partial charge on any atom is 0.0490 e. The van der Waals surface area contributed by atoms with Crippen LogP contribution in [0.1, 0.15) is 41.2 Å². The van der Waals surface area contributed by atoms with E-state index >= 15 is 0 Å². The third-order valence-electron chi connectivity index (χ3n) is 13.7. The van der Waals surface area contributed by atoms with Crippen molar-refractivity contribution in [2.75, 3.05) is 14.7 Å². The molecule has 0 saturated heterocycles. The maximum absolute atomic E-state index is 2.41. The molecule has 342 valence electrons. The summed E-state index contributed by atoms with van der Waals surface area (Å²) in [5, 5.41) is 0. The predicted octanol–water partition coefficient (Wildman–Crippen LogP) is 19.1. The summed E-state index contributed by atoms with van der Waals surface area (Å²) in [5.41, 5.74) is 24.7. The van der Waals surface area contributed by atoms with E-state index in [1.165, 1.54) is 67.5 Å². The van der Waals surface area contributed by atoms with Gasteiger partial charge in [0.2, 0.25) is 0 Å². The lowest BCUT2D eigenvalue weighted by atomic mass is 9.93. The fourth-order valence-electron chi connectivity index (χ4n) is 9.82. The van der Waals surface area contributed by atoms with Gasteiger partial charge in [-0.3, -0.25) is 0 Å². The number of hydrogen-bond donors (Lipinski definition) is 0. The molecule has 0 unspecified atom stereocenters. The Bertz CT molecular complexity index is 3160. The van der Waals surface area contributed by atoms with Crippen LogP contribution < -0.4 is 14.7 Å². The maximum atomic E-state index is 2.41. The smallest absolute Gasteiger partial charge is 0.0490 e. The number of hydrogen-bond acceptors (Lipinski definition) is 3. The largest absolute Gasteiger partial charge is 0.310 e. The molecule has 0 amide bonds. The molecule has 0 radical (unpaired) electrons. The Morgan fingerprint density at radius 3 is 0.900 bits per heavy atom. The topological polar surface area (TPSA) is 9.72 Å². The Morgan fingerprint density at radius 2 is 0.586 bits per heavy atom. The fourth-order valence-corrected chi connectivity index (χ4v) is 9.82. The second kappa shape index (κ2) is 20.1. The fraction of sp³-hybridized carbons (Fsp3) is 0.104. The minimum absolute atomic E-state index is 0.882. The van der Waals surface area contributed by atoms with Crippen LogP contribution in [0.5, 0.6) is 0 Å². The molecule has 9 aromatic rings. The van der Waals surface area contributed by atoms with Gasteiger partial charge >= 0.3 is 0 Å². The zero-order valence-electron chi connectivity index (χ0n) is 41.1. The lowest BCUT2D eigenvalue weighted by Crippen LogP contribution is -2.18.